The van der Waals surface area contributed by atoms with Crippen LogP contribution >= 0.6 is 11.8 Å². The molecule has 3 aliphatic rings. The summed E-state index contributed by atoms with van der Waals surface area (Å²) in [6, 6.07) is 18.4. The van der Waals surface area contributed by atoms with Crippen LogP contribution in [0.25, 0.3) is 6.08 Å². The van der Waals surface area contributed by atoms with E-state index in [2.05, 4.69) is 102 Å². The van der Waals surface area contributed by atoms with Crippen molar-refractivity contribution >= 4 is 23.5 Å². The Balaban J connectivity index is 1.36. The predicted molar refractivity (Wildman–Crippen MR) is 147 cm³/mol. The SMILES string of the molecule is Cc1ccc(/C=C2/CSCC3C2=NN(CCCN2CCN(C)CC2)C3c2ccc(C)cc2)cc1. The van der Waals surface area contributed by atoms with Crippen molar-refractivity contribution in [3.8, 4) is 0 Å². The van der Waals surface area contributed by atoms with E-state index in [4.69, 9.17) is 5.10 Å². The summed E-state index contributed by atoms with van der Waals surface area (Å²) in [4.78, 5) is 5.05. The van der Waals surface area contributed by atoms with Gasteiger partial charge in [0, 0.05) is 50.1 Å². The largest absolute Gasteiger partial charge is 0.304 e. The summed E-state index contributed by atoms with van der Waals surface area (Å²) < 4.78 is 0. The molecule has 2 aromatic rings. The molecule has 2 atom stereocenters. The highest BCUT2D eigenvalue weighted by atomic mass is 32.2. The van der Waals surface area contributed by atoms with E-state index in [1.54, 1.807) is 0 Å². The highest BCUT2D eigenvalue weighted by molar-refractivity contribution is 7.99. The summed E-state index contributed by atoms with van der Waals surface area (Å²) in [5, 5.41) is 7.75. The van der Waals surface area contributed by atoms with Gasteiger partial charge in [0.15, 0.2) is 0 Å². The number of nitrogens with zero attached hydrogens (tertiary/aromatic N) is 4. The van der Waals surface area contributed by atoms with Crippen LogP contribution in [0.4, 0.5) is 0 Å². The van der Waals surface area contributed by atoms with Crippen molar-refractivity contribution < 1.29 is 0 Å². The number of hydrazone groups is 1. The highest BCUT2D eigenvalue weighted by Crippen LogP contribution is 2.43. The third-order valence-corrected chi connectivity index (χ3v) is 8.58. The Morgan fingerprint density at radius 2 is 1.59 bits per heavy atom. The number of piperazine rings is 1. The van der Waals surface area contributed by atoms with Gasteiger partial charge in [0.2, 0.25) is 0 Å². The van der Waals surface area contributed by atoms with E-state index in [0.29, 0.717) is 12.0 Å². The minimum Gasteiger partial charge on any atom is -0.304 e. The summed E-state index contributed by atoms with van der Waals surface area (Å²) >= 11 is 2.06. The van der Waals surface area contributed by atoms with Crippen molar-refractivity contribution in [3.63, 3.8) is 0 Å². The molecule has 2 fully saturated rings. The molecule has 0 spiro atoms. The molecule has 5 heteroatoms. The molecule has 2 saturated heterocycles. The van der Waals surface area contributed by atoms with Crippen molar-refractivity contribution in [3.05, 3.63) is 76.4 Å². The van der Waals surface area contributed by atoms with Gasteiger partial charge in [0.05, 0.1) is 11.8 Å². The fraction of sp³-hybridized carbons (Fsp3) is 0.483. The van der Waals surface area contributed by atoms with E-state index >= 15 is 0 Å². The molecule has 0 bridgehead atoms. The Morgan fingerprint density at radius 1 is 0.912 bits per heavy atom. The van der Waals surface area contributed by atoms with Gasteiger partial charge in [0.25, 0.3) is 0 Å². The van der Waals surface area contributed by atoms with Crippen LogP contribution in [0.2, 0.25) is 0 Å². The molecule has 0 N–H and O–H groups in total. The maximum atomic E-state index is 5.32. The maximum Gasteiger partial charge on any atom is 0.0812 e. The first-order chi connectivity index (χ1) is 16.6. The summed E-state index contributed by atoms with van der Waals surface area (Å²) in [7, 11) is 2.23. The second-order valence-corrected chi connectivity index (χ2v) is 11.2. The summed E-state index contributed by atoms with van der Waals surface area (Å²) in [6.45, 7) is 11.3. The first-order valence-electron chi connectivity index (χ1n) is 12.7. The summed E-state index contributed by atoms with van der Waals surface area (Å²) in [6.07, 6.45) is 3.54. The molecule has 180 valence electrons. The monoisotopic (exact) mass is 474 g/mol. The molecule has 0 aliphatic carbocycles. The van der Waals surface area contributed by atoms with Crippen LogP contribution in [0.1, 0.15) is 34.7 Å². The zero-order chi connectivity index (χ0) is 23.5. The van der Waals surface area contributed by atoms with Crippen molar-refractivity contribution in [1.82, 2.24) is 14.8 Å². The van der Waals surface area contributed by atoms with Crippen LogP contribution in [0, 0.1) is 19.8 Å². The highest BCUT2D eigenvalue weighted by Gasteiger charge is 2.41. The third kappa shape index (κ3) is 5.42. The first-order valence-corrected chi connectivity index (χ1v) is 13.9. The quantitative estimate of drug-likeness (QED) is 0.581. The van der Waals surface area contributed by atoms with E-state index in [9.17, 15) is 0 Å². The lowest BCUT2D eigenvalue weighted by Crippen LogP contribution is -2.45. The minimum atomic E-state index is 0.345. The maximum absolute atomic E-state index is 5.32. The molecular weight excluding hydrogens is 436 g/mol. The molecule has 0 aromatic heterocycles. The average molecular weight is 475 g/mol. The normalized spacial score (nSPS) is 25.0. The molecule has 4 nitrogen and oxygen atoms in total. The van der Waals surface area contributed by atoms with Gasteiger partial charge in [-0.1, -0.05) is 59.7 Å². The molecular formula is C29H38N4S. The molecule has 0 radical (unpaired) electrons. The van der Waals surface area contributed by atoms with Crippen molar-refractivity contribution in [2.24, 2.45) is 11.0 Å². The number of aryl methyl sites for hydroxylation is 2. The number of likely N-dealkylation sites (N-methyl/N-ethyl adjacent to an activating group) is 1. The van der Waals surface area contributed by atoms with Crippen LogP contribution in [0.3, 0.4) is 0 Å². The summed E-state index contributed by atoms with van der Waals surface area (Å²) in [5.74, 6) is 2.66. The Hall–Kier alpha value is -2.08. The zero-order valence-electron chi connectivity index (χ0n) is 20.9. The molecule has 34 heavy (non-hydrogen) atoms. The molecule has 2 unspecified atom stereocenters. The fourth-order valence-electron chi connectivity index (χ4n) is 5.34. The standard InChI is InChI=1S/C29H38N4S/c1-22-5-9-24(10-6-22)19-26-20-34-21-27-28(26)30-33(29(27)25-11-7-23(2)8-12-25)14-4-13-32-17-15-31(3)16-18-32/h5-12,19,27,29H,4,13-18,20-21H2,1-3H3/b26-19-. The van der Waals surface area contributed by atoms with Crippen molar-refractivity contribution in [2.45, 2.75) is 26.3 Å². The molecule has 0 amide bonds. The molecule has 3 aliphatic heterocycles. The van der Waals surface area contributed by atoms with Crippen LogP contribution in [-0.2, 0) is 0 Å². The third-order valence-electron chi connectivity index (χ3n) is 7.47. The molecule has 3 heterocycles. The Bertz CT molecular complexity index is 1020. The second kappa shape index (κ2) is 10.7. The fourth-order valence-corrected chi connectivity index (χ4v) is 6.50. The van der Waals surface area contributed by atoms with E-state index < -0.39 is 0 Å². The van der Waals surface area contributed by atoms with Crippen LogP contribution in [-0.4, -0.2) is 78.3 Å². The number of thioether (sulfide) groups is 1. The van der Waals surface area contributed by atoms with Crippen LogP contribution in [0.5, 0.6) is 0 Å². The second-order valence-electron chi connectivity index (χ2n) is 10.2. The Morgan fingerprint density at radius 3 is 2.29 bits per heavy atom. The van der Waals surface area contributed by atoms with Crippen LogP contribution < -0.4 is 0 Å². The summed E-state index contributed by atoms with van der Waals surface area (Å²) in [5.41, 5.74) is 8.05. The number of hydrogen-bond acceptors (Lipinski definition) is 5. The zero-order valence-corrected chi connectivity index (χ0v) is 21.7. The lowest BCUT2D eigenvalue weighted by Gasteiger charge is -2.33. The lowest BCUT2D eigenvalue weighted by atomic mass is 9.87. The molecule has 2 aromatic carbocycles. The van der Waals surface area contributed by atoms with Gasteiger partial charge in [-0.25, -0.2) is 0 Å². The topological polar surface area (TPSA) is 22.1 Å². The predicted octanol–water partition coefficient (Wildman–Crippen LogP) is 5.10. The van der Waals surface area contributed by atoms with Gasteiger partial charge in [-0.2, -0.15) is 16.9 Å². The van der Waals surface area contributed by atoms with E-state index in [-0.39, 0.29) is 0 Å². The number of hydrogen-bond donors (Lipinski definition) is 0. The van der Waals surface area contributed by atoms with Gasteiger partial charge in [-0.05, 0) is 56.6 Å². The van der Waals surface area contributed by atoms with E-state index in [1.807, 2.05) is 0 Å². The lowest BCUT2D eigenvalue weighted by molar-refractivity contribution is 0.139. The first kappa shape index (κ1) is 23.7. The number of fused-ring (bicyclic) bond motifs is 1. The van der Waals surface area contributed by atoms with E-state index in [0.717, 1.165) is 18.1 Å². The van der Waals surface area contributed by atoms with E-state index in [1.165, 1.54) is 72.7 Å². The Labute approximate surface area is 209 Å². The van der Waals surface area contributed by atoms with Crippen molar-refractivity contribution in [1.29, 1.82) is 0 Å². The van der Waals surface area contributed by atoms with Gasteiger partial charge in [0.1, 0.15) is 0 Å². The average Bonchev–Trinajstić information content (AvgIpc) is 3.22. The Kier molecular flexibility index (Phi) is 7.43. The van der Waals surface area contributed by atoms with Crippen LogP contribution in [0.15, 0.2) is 59.2 Å². The van der Waals surface area contributed by atoms with Gasteiger partial charge in [-0.3, -0.25) is 5.01 Å². The number of rotatable bonds is 6. The van der Waals surface area contributed by atoms with Crippen molar-refractivity contribution in [2.75, 3.05) is 57.8 Å². The van der Waals surface area contributed by atoms with Gasteiger partial charge >= 0.3 is 0 Å². The smallest absolute Gasteiger partial charge is 0.0812 e. The van der Waals surface area contributed by atoms with Gasteiger partial charge in [-0.15, -0.1) is 0 Å². The minimum absolute atomic E-state index is 0.345. The molecule has 0 saturated carbocycles. The number of benzene rings is 2. The molecule has 5 rings (SSSR count). The van der Waals surface area contributed by atoms with Gasteiger partial charge < -0.3 is 9.80 Å².